The van der Waals surface area contributed by atoms with Gasteiger partial charge in [-0.2, -0.15) is 11.8 Å². The molecule has 0 fully saturated rings. The molecule has 0 heterocycles. The first-order chi connectivity index (χ1) is 12.5. The van der Waals surface area contributed by atoms with Crippen molar-refractivity contribution in [3.8, 4) is 5.75 Å². The Balaban J connectivity index is 2.56. The number of hydrogen-bond acceptors (Lipinski definition) is 4. The third-order valence-corrected chi connectivity index (χ3v) is 5.69. The molecule has 0 radical (unpaired) electrons. The Labute approximate surface area is 164 Å². The monoisotopic (exact) mass is 380 g/mol. The Morgan fingerprint density at radius 2 is 1.88 bits per heavy atom. The van der Waals surface area contributed by atoms with Crippen LogP contribution < -0.4 is 15.4 Å². The summed E-state index contributed by atoms with van der Waals surface area (Å²) in [5, 5.41) is 6.78. The largest absolute Gasteiger partial charge is 0.492 e. The van der Waals surface area contributed by atoms with Gasteiger partial charge < -0.3 is 20.3 Å². The Kier molecular flexibility index (Phi) is 10.5. The van der Waals surface area contributed by atoms with E-state index in [1.165, 1.54) is 0 Å². The molecule has 148 valence electrons. The van der Waals surface area contributed by atoms with E-state index in [2.05, 4.69) is 60.5 Å². The predicted octanol–water partition coefficient (Wildman–Crippen LogP) is 3.21. The summed E-state index contributed by atoms with van der Waals surface area (Å²) >= 11 is 1.84. The van der Waals surface area contributed by atoms with E-state index in [0.29, 0.717) is 13.2 Å². The van der Waals surface area contributed by atoms with Crippen molar-refractivity contribution in [2.24, 2.45) is 4.99 Å². The minimum Gasteiger partial charge on any atom is -0.492 e. The molecule has 0 aromatic heterocycles. The van der Waals surface area contributed by atoms with Gasteiger partial charge in [-0.1, -0.05) is 32.0 Å². The van der Waals surface area contributed by atoms with Gasteiger partial charge in [-0.25, -0.2) is 0 Å². The van der Waals surface area contributed by atoms with Crippen LogP contribution in [-0.2, 0) is 6.54 Å². The van der Waals surface area contributed by atoms with E-state index in [9.17, 15) is 0 Å². The fourth-order valence-corrected chi connectivity index (χ4v) is 2.60. The number of benzene rings is 1. The molecular formula is C20H36N4OS. The summed E-state index contributed by atoms with van der Waals surface area (Å²) in [6.07, 6.45) is 2.13. The van der Waals surface area contributed by atoms with Crippen molar-refractivity contribution in [1.82, 2.24) is 15.5 Å². The molecule has 0 amide bonds. The second-order valence-electron chi connectivity index (χ2n) is 6.73. The molecule has 6 heteroatoms. The molecule has 1 aromatic rings. The molecule has 1 aromatic carbocycles. The molecule has 1 rings (SSSR count). The number of para-hydroxylation sites is 1. The first-order valence-electron chi connectivity index (χ1n) is 9.38. The lowest BCUT2D eigenvalue weighted by atomic mass is 10.2. The fourth-order valence-electron chi connectivity index (χ4n) is 2.38. The van der Waals surface area contributed by atoms with Crippen LogP contribution in [-0.4, -0.2) is 61.7 Å². The average Bonchev–Trinajstić information content (AvgIpc) is 2.66. The zero-order valence-corrected chi connectivity index (χ0v) is 18.1. The molecule has 2 N–H and O–H groups in total. The number of likely N-dealkylation sites (N-methyl/N-ethyl adjacent to an activating group) is 1. The van der Waals surface area contributed by atoms with Gasteiger partial charge in [0, 0.05) is 37.0 Å². The Bertz CT molecular complexity index is 544. The van der Waals surface area contributed by atoms with E-state index >= 15 is 0 Å². The Hall–Kier alpha value is -1.40. The molecule has 0 aliphatic heterocycles. The van der Waals surface area contributed by atoms with Crippen LogP contribution in [0.15, 0.2) is 29.3 Å². The molecule has 0 unspecified atom stereocenters. The summed E-state index contributed by atoms with van der Waals surface area (Å²) in [4.78, 5) is 6.68. The van der Waals surface area contributed by atoms with E-state index in [0.717, 1.165) is 43.5 Å². The Morgan fingerprint density at radius 3 is 2.50 bits per heavy atom. The van der Waals surface area contributed by atoms with Crippen molar-refractivity contribution in [3.63, 3.8) is 0 Å². The zero-order chi connectivity index (χ0) is 19.4. The van der Waals surface area contributed by atoms with Gasteiger partial charge in [0.25, 0.3) is 0 Å². The number of aliphatic imine (C=N–C) groups is 1. The lowest BCUT2D eigenvalue weighted by molar-refractivity contribution is 0.221. The summed E-state index contributed by atoms with van der Waals surface area (Å²) in [7, 11) is 1.80. The topological polar surface area (TPSA) is 48.9 Å². The van der Waals surface area contributed by atoms with Gasteiger partial charge in [-0.3, -0.25) is 4.99 Å². The van der Waals surface area contributed by atoms with Crippen LogP contribution in [0.2, 0.25) is 0 Å². The van der Waals surface area contributed by atoms with E-state index in [1.54, 1.807) is 7.05 Å². The third kappa shape index (κ3) is 8.32. The number of rotatable bonds is 11. The standard InChI is InChI=1S/C20H36N4OS/c1-7-24(8-2)13-14-25-18-12-10-9-11-17(18)15-22-19(21-5)23-16-20(3,4)26-6/h9-12H,7-8,13-16H2,1-6H3,(H2,21,22,23). The number of nitrogens with zero attached hydrogens (tertiary/aromatic N) is 2. The normalized spacial score (nSPS) is 12.3. The molecular weight excluding hydrogens is 344 g/mol. The highest BCUT2D eigenvalue weighted by atomic mass is 32.2. The highest BCUT2D eigenvalue weighted by molar-refractivity contribution is 7.99. The van der Waals surface area contributed by atoms with Crippen LogP contribution in [0.5, 0.6) is 5.75 Å². The maximum Gasteiger partial charge on any atom is 0.191 e. The molecule has 0 saturated carbocycles. The van der Waals surface area contributed by atoms with Gasteiger partial charge in [-0.15, -0.1) is 0 Å². The van der Waals surface area contributed by atoms with Crippen LogP contribution in [0.1, 0.15) is 33.3 Å². The molecule has 0 aliphatic rings. The number of ether oxygens (including phenoxy) is 1. The quantitative estimate of drug-likeness (QED) is 0.456. The van der Waals surface area contributed by atoms with Crippen molar-refractivity contribution in [1.29, 1.82) is 0 Å². The fraction of sp³-hybridized carbons (Fsp3) is 0.650. The van der Waals surface area contributed by atoms with Crippen LogP contribution in [0.3, 0.4) is 0 Å². The molecule has 0 aliphatic carbocycles. The molecule has 26 heavy (non-hydrogen) atoms. The molecule has 0 bridgehead atoms. The number of nitrogens with one attached hydrogen (secondary N) is 2. The number of guanidine groups is 1. The predicted molar refractivity (Wildman–Crippen MR) is 116 cm³/mol. The van der Waals surface area contributed by atoms with Crippen molar-refractivity contribution in [2.75, 3.05) is 46.1 Å². The minimum atomic E-state index is 0.170. The second kappa shape index (κ2) is 12.1. The maximum absolute atomic E-state index is 6.02. The van der Waals surface area contributed by atoms with Crippen LogP contribution in [0.25, 0.3) is 0 Å². The zero-order valence-electron chi connectivity index (χ0n) is 17.3. The summed E-state index contributed by atoms with van der Waals surface area (Å²) in [5.74, 6) is 1.75. The van der Waals surface area contributed by atoms with Gasteiger partial charge in [-0.05, 0) is 39.3 Å². The third-order valence-electron chi connectivity index (χ3n) is 4.44. The van der Waals surface area contributed by atoms with Crippen molar-refractivity contribution in [2.45, 2.75) is 39.0 Å². The van der Waals surface area contributed by atoms with E-state index < -0.39 is 0 Å². The average molecular weight is 381 g/mol. The highest BCUT2D eigenvalue weighted by Gasteiger charge is 2.16. The van der Waals surface area contributed by atoms with Gasteiger partial charge >= 0.3 is 0 Å². The van der Waals surface area contributed by atoms with E-state index in [4.69, 9.17) is 4.74 Å². The van der Waals surface area contributed by atoms with E-state index in [-0.39, 0.29) is 4.75 Å². The molecule has 5 nitrogen and oxygen atoms in total. The number of thioether (sulfide) groups is 1. The van der Waals surface area contributed by atoms with Crippen molar-refractivity contribution >= 4 is 17.7 Å². The number of hydrogen-bond donors (Lipinski definition) is 2. The highest BCUT2D eigenvalue weighted by Crippen LogP contribution is 2.20. The van der Waals surface area contributed by atoms with E-state index in [1.807, 2.05) is 30.0 Å². The van der Waals surface area contributed by atoms with Gasteiger partial charge in [0.05, 0.1) is 0 Å². The summed E-state index contributed by atoms with van der Waals surface area (Å²) < 4.78 is 6.19. The Morgan fingerprint density at radius 1 is 1.19 bits per heavy atom. The van der Waals surface area contributed by atoms with Gasteiger partial charge in [0.15, 0.2) is 5.96 Å². The van der Waals surface area contributed by atoms with Crippen LogP contribution in [0.4, 0.5) is 0 Å². The SMILES string of the molecule is CCN(CC)CCOc1ccccc1CNC(=NC)NCC(C)(C)SC. The van der Waals surface area contributed by atoms with Gasteiger partial charge in [0.1, 0.15) is 12.4 Å². The minimum absolute atomic E-state index is 0.170. The molecule has 0 atom stereocenters. The lowest BCUT2D eigenvalue weighted by Gasteiger charge is -2.24. The first-order valence-corrected chi connectivity index (χ1v) is 10.6. The smallest absolute Gasteiger partial charge is 0.191 e. The second-order valence-corrected chi connectivity index (χ2v) is 8.24. The van der Waals surface area contributed by atoms with Gasteiger partial charge in [0.2, 0.25) is 0 Å². The van der Waals surface area contributed by atoms with Crippen molar-refractivity contribution in [3.05, 3.63) is 29.8 Å². The van der Waals surface area contributed by atoms with Crippen LogP contribution >= 0.6 is 11.8 Å². The molecule has 0 saturated heterocycles. The molecule has 0 spiro atoms. The maximum atomic E-state index is 6.02. The van der Waals surface area contributed by atoms with Crippen LogP contribution in [0, 0.1) is 0 Å². The van der Waals surface area contributed by atoms with Crippen molar-refractivity contribution < 1.29 is 4.74 Å². The lowest BCUT2D eigenvalue weighted by Crippen LogP contribution is -2.43. The first kappa shape index (κ1) is 22.6. The summed E-state index contributed by atoms with van der Waals surface area (Å²) in [6.45, 7) is 14.1. The summed E-state index contributed by atoms with van der Waals surface area (Å²) in [6, 6.07) is 8.19. The summed E-state index contributed by atoms with van der Waals surface area (Å²) in [5.41, 5.74) is 1.14.